The molecule has 6 nitrogen and oxygen atoms in total. The number of para-hydroxylation sites is 6. The number of aromatic nitrogens is 5. The molecule has 404 valence electrons. The third kappa shape index (κ3) is 9.47. The second kappa shape index (κ2) is 20.3. The molecule has 0 aliphatic carbocycles. The van der Waals surface area contributed by atoms with Gasteiger partial charge < -0.3 is 18.4 Å². The Bertz CT molecular complexity index is 5260. The third-order valence-corrected chi connectivity index (χ3v) is 15.2. The van der Waals surface area contributed by atoms with Crippen LogP contribution >= 0.6 is 0 Å². The van der Waals surface area contributed by atoms with Gasteiger partial charge in [0.05, 0.1) is 45.6 Å². The van der Waals surface area contributed by atoms with Crippen molar-refractivity contribution in [2.45, 2.75) is 86.0 Å². The monoisotopic (exact) mass is 1250 g/mol. The van der Waals surface area contributed by atoms with E-state index in [-0.39, 0.29) is 88.5 Å². The van der Waals surface area contributed by atoms with Crippen LogP contribution in [0.15, 0.2) is 206 Å². The van der Waals surface area contributed by atoms with Gasteiger partial charge in [0, 0.05) is 56.4 Å². The fraction of sp³-hybridized carbons (Fsp3) is 0.189. The molecule has 9 aromatic carbocycles. The molecule has 4 aromatic heterocycles. The molecular weight excluding hydrogens is 1170 g/mol. The van der Waals surface area contributed by atoms with Gasteiger partial charge in [-0.05, 0) is 108 Å². The van der Waals surface area contributed by atoms with Gasteiger partial charge in [-0.3, -0.25) is 4.57 Å². The van der Waals surface area contributed by atoms with Crippen molar-refractivity contribution in [1.82, 2.24) is 18.7 Å². The van der Waals surface area contributed by atoms with Crippen molar-refractivity contribution in [2.24, 2.45) is 5.41 Å². The number of pyridine rings is 1. The molecule has 81 heavy (non-hydrogen) atoms. The van der Waals surface area contributed by atoms with Crippen molar-refractivity contribution in [2.75, 3.05) is 0 Å². The first-order valence-corrected chi connectivity index (χ1v) is 26.7. The molecule has 0 radical (unpaired) electrons. The molecule has 0 bridgehead atoms. The summed E-state index contributed by atoms with van der Waals surface area (Å²) >= 11 is 0. The van der Waals surface area contributed by atoms with Crippen LogP contribution in [-0.4, -0.2) is 18.7 Å². The second-order valence-corrected chi connectivity index (χ2v) is 23.4. The van der Waals surface area contributed by atoms with Crippen molar-refractivity contribution in [3.63, 3.8) is 0 Å². The van der Waals surface area contributed by atoms with Crippen LogP contribution in [-0.2, 0) is 31.9 Å². The van der Waals surface area contributed by atoms with Crippen molar-refractivity contribution >= 4 is 54.6 Å². The minimum absolute atomic E-state index is 0. The van der Waals surface area contributed by atoms with E-state index in [1.54, 1.807) is 30.5 Å². The van der Waals surface area contributed by atoms with Gasteiger partial charge in [0.1, 0.15) is 5.82 Å². The van der Waals surface area contributed by atoms with Crippen LogP contribution in [0.4, 0.5) is 0 Å². The van der Waals surface area contributed by atoms with E-state index in [9.17, 15) is 9.60 Å². The first kappa shape index (κ1) is 39.1. The fourth-order valence-corrected chi connectivity index (χ4v) is 10.7. The molecule has 1 atom stereocenters. The fourth-order valence-electron chi connectivity index (χ4n) is 10.7. The summed E-state index contributed by atoms with van der Waals surface area (Å²) in [5, 5.41) is 0.900. The Kier molecular flexibility index (Phi) is 9.83. The van der Waals surface area contributed by atoms with E-state index in [0.717, 1.165) is 16.7 Å². The number of rotatable bonds is 9. The Morgan fingerprint density at radius 3 is 1.86 bits per heavy atom. The topological polar surface area (TPSA) is 40.8 Å². The molecule has 13 rings (SSSR count). The van der Waals surface area contributed by atoms with E-state index in [1.807, 2.05) is 120 Å². The molecule has 4 heterocycles. The van der Waals surface area contributed by atoms with E-state index in [1.165, 1.54) is 4.57 Å². The van der Waals surface area contributed by atoms with Gasteiger partial charge in [-0.1, -0.05) is 225 Å². The summed E-state index contributed by atoms with van der Waals surface area (Å²) in [7, 11) is 0. The molecule has 7 heteroatoms. The number of ether oxygens (including phenoxy) is 1. The minimum Gasteiger partial charge on any atom is -0.510 e. The van der Waals surface area contributed by atoms with Crippen molar-refractivity contribution in [3.8, 4) is 56.6 Å². The Morgan fingerprint density at radius 2 is 1.19 bits per heavy atom. The van der Waals surface area contributed by atoms with Gasteiger partial charge in [-0.2, -0.15) is 12.1 Å². The molecule has 0 spiro atoms. The maximum Gasteiger partial charge on any atom is 0.268 e. The summed E-state index contributed by atoms with van der Waals surface area (Å²) in [5.74, 6) is -0.445. The molecule has 1 unspecified atom stereocenters. The van der Waals surface area contributed by atoms with Crippen LogP contribution in [0.2, 0.25) is 0 Å². The third-order valence-electron chi connectivity index (χ3n) is 15.2. The van der Waals surface area contributed by atoms with E-state index >= 15 is 0 Å². The molecule has 0 fully saturated rings. The largest absolute Gasteiger partial charge is 0.510 e. The molecule has 13 aromatic rings. The van der Waals surface area contributed by atoms with Gasteiger partial charge in [-0.15, -0.1) is 24.3 Å². The smallest absolute Gasteiger partial charge is 0.268 e. The number of fused-ring (bicyclic) bond motifs is 7. The number of nitrogens with zero attached hydrogens (tertiary/aromatic N) is 5. The van der Waals surface area contributed by atoms with Gasteiger partial charge >= 0.3 is 0 Å². The van der Waals surface area contributed by atoms with Gasteiger partial charge in [0.25, 0.3) is 6.33 Å². The van der Waals surface area contributed by atoms with E-state index < -0.39 is 77.8 Å². The average molecular weight is 1250 g/mol. The molecule has 0 saturated heterocycles. The van der Waals surface area contributed by atoms with Crippen LogP contribution in [0.5, 0.6) is 11.5 Å². The zero-order valence-electron chi connectivity index (χ0n) is 60.6. The minimum atomic E-state index is -1.10. The number of hydrogen-bond donors (Lipinski definition) is 0. The zero-order valence-corrected chi connectivity index (χ0v) is 48.9. The molecule has 0 saturated carbocycles. The average Bonchev–Trinajstić information content (AvgIpc) is 1.53. The Hall–Kier alpha value is -8.31. The van der Waals surface area contributed by atoms with Gasteiger partial charge in [-0.25, -0.2) is 4.98 Å². The molecule has 0 aliphatic rings. The predicted octanol–water partition coefficient (Wildman–Crippen LogP) is 18.8. The molecule has 0 aliphatic heterocycles. The summed E-state index contributed by atoms with van der Waals surface area (Å²) in [6, 6.07) is 38.5. The summed E-state index contributed by atoms with van der Waals surface area (Å²) in [6.45, 7) is 20.8. The van der Waals surface area contributed by atoms with Crippen LogP contribution in [0.3, 0.4) is 0 Å². The van der Waals surface area contributed by atoms with Crippen LogP contribution in [0.1, 0.15) is 111 Å². The molecule has 0 N–H and O–H groups in total. The number of benzene rings is 9. The van der Waals surface area contributed by atoms with Crippen molar-refractivity contribution in [1.29, 1.82) is 0 Å². The number of hydrogen-bond acceptors (Lipinski definition) is 2. The second-order valence-electron chi connectivity index (χ2n) is 23.4. The quantitative estimate of drug-likeness (QED) is 0.107. The first-order valence-electron chi connectivity index (χ1n) is 33.7. The van der Waals surface area contributed by atoms with Crippen LogP contribution in [0.25, 0.3) is 99.8 Å². The summed E-state index contributed by atoms with van der Waals surface area (Å²) < 4.78 is 142. The summed E-state index contributed by atoms with van der Waals surface area (Å²) in [4.78, 5) is 4.92. The van der Waals surface area contributed by atoms with E-state index in [2.05, 4.69) is 78.2 Å². The Balaban J connectivity index is 0.00000864. The summed E-state index contributed by atoms with van der Waals surface area (Å²) in [5.41, 5.74) is 7.01. The normalized spacial score (nSPS) is 15.5. The summed E-state index contributed by atoms with van der Waals surface area (Å²) in [6.07, 6.45) is 5.28. The first-order chi connectivity index (χ1) is 44.2. The van der Waals surface area contributed by atoms with E-state index in [4.69, 9.17) is 19.3 Å². The Morgan fingerprint density at radius 1 is 0.568 bits per heavy atom. The van der Waals surface area contributed by atoms with Gasteiger partial charge in [0.15, 0.2) is 0 Å². The van der Waals surface area contributed by atoms with Gasteiger partial charge in [0.2, 0.25) is 0 Å². The zero-order chi connectivity index (χ0) is 67.5. The van der Waals surface area contributed by atoms with Crippen molar-refractivity contribution < 1.29 is 49.6 Å². The van der Waals surface area contributed by atoms with Crippen molar-refractivity contribution in [3.05, 3.63) is 241 Å². The number of imidazole rings is 1. The van der Waals surface area contributed by atoms with Crippen LogP contribution in [0, 0.1) is 23.9 Å². The van der Waals surface area contributed by atoms with E-state index in [0.29, 0.717) is 66.7 Å². The maximum absolute atomic E-state index is 9.66. The predicted molar refractivity (Wildman–Crippen MR) is 330 cm³/mol. The maximum atomic E-state index is 9.66. The Labute approximate surface area is 509 Å². The SMILES string of the molecule is [2H]c1c([2H])c([2H])c(-c2cccc(-c3cc(C(C)(C)C)cc(C(C)(C)C)c3)c2-[n+]2[c-]n(-c3[c-]c(Oc4[c-]c5c(c(-n6c7c([2H])c([2H])c([2H])c([2H])c7c7c([2H])c([2H])c([2H])c([2H])c76)c4)c4ccccc4n5-c4cc(C([2H])(C)C(C)(C)C)ccn4)ccc3)c3ccccc32)c([2H])c1[2H].[Pt]. The molecular formula is C74H65N5OPt-2. The standard InChI is InChI=1S/C74H65N5O.Pt/c1-48(72(2,3)4)50-38-39-75-69(42-50)79-64-35-19-16-30-61(64)70-67(78-62-33-17-14-28-59(62)60-29-15-18-34-63(60)78)45-56(46-68(70)79)80-55-27-22-26-54(44-55)76-47-77(66-37-21-20-36-65(66)76)71-57(49-24-12-11-13-25-49)31-23-32-58(71)51-40-52(73(5,6)7)43-53(41-51)74(8,9)10;/h11-43,45,48H,1-10H3;/q-2;/i11D,12D,13D,14D,15D,17D,18D,24D,25D,28D,29D,33D,34D,48D;. The van der Waals surface area contributed by atoms with Crippen LogP contribution < -0.4 is 9.30 Å². The molecule has 0 amide bonds.